The van der Waals surface area contributed by atoms with E-state index in [0.717, 1.165) is 18.4 Å². The van der Waals surface area contributed by atoms with Crippen LogP contribution in [0.15, 0.2) is 30.3 Å². The number of ether oxygens (including phenoxy) is 1. The van der Waals surface area contributed by atoms with E-state index in [1.165, 1.54) is 141 Å². The maximum absolute atomic E-state index is 11.7. The fraction of sp³-hybridized carbons (Fsp3) is 0.735. The molecule has 0 radical (unpaired) electrons. The lowest BCUT2D eigenvalue weighted by Gasteiger charge is -2.04. The van der Waals surface area contributed by atoms with E-state index in [9.17, 15) is 9.90 Å². The minimum absolute atomic E-state index is 0.222. The molecule has 0 heterocycles. The van der Waals surface area contributed by atoms with Crippen LogP contribution >= 0.6 is 0 Å². The second kappa shape index (κ2) is 25.9. The van der Waals surface area contributed by atoms with Crippen molar-refractivity contribution >= 4 is 12.0 Å². The van der Waals surface area contributed by atoms with Crippen molar-refractivity contribution in [2.45, 2.75) is 155 Å². The number of aromatic hydroxyl groups is 1. The minimum Gasteiger partial charge on any atom is -0.508 e. The van der Waals surface area contributed by atoms with Crippen LogP contribution in [0.1, 0.15) is 160 Å². The molecule has 3 nitrogen and oxygen atoms in total. The van der Waals surface area contributed by atoms with Crippen molar-refractivity contribution in [1.29, 1.82) is 0 Å². The first-order chi connectivity index (χ1) is 18.2. The summed E-state index contributed by atoms with van der Waals surface area (Å²) in [6, 6.07) is 6.73. The van der Waals surface area contributed by atoms with Crippen LogP contribution in [0.3, 0.4) is 0 Å². The van der Waals surface area contributed by atoms with Crippen molar-refractivity contribution < 1.29 is 14.6 Å². The number of benzene rings is 1. The van der Waals surface area contributed by atoms with Gasteiger partial charge in [0.25, 0.3) is 0 Å². The van der Waals surface area contributed by atoms with Crippen LogP contribution in [0.25, 0.3) is 6.08 Å². The van der Waals surface area contributed by atoms with Crippen molar-refractivity contribution in [2.24, 2.45) is 0 Å². The molecule has 37 heavy (non-hydrogen) atoms. The molecule has 0 aliphatic rings. The summed E-state index contributed by atoms with van der Waals surface area (Å²) in [7, 11) is 0. The van der Waals surface area contributed by atoms with Gasteiger partial charge in [-0.1, -0.05) is 160 Å². The molecular formula is C34H58O3. The summed E-state index contributed by atoms with van der Waals surface area (Å²) in [5.74, 6) is -0.0770. The molecule has 1 aromatic carbocycles. The fourth-order valence-corrected chi connectivity index (χ4v) is 4.86. The lowest BCUT2D eigenvalue weighted by atomic mass is 10.0. The Kier molecular flexibility index (Phi) is 23.2. The molecule has 0 aliphatic carbocycles. The molecule has 0 aliphatic heterocycles. The monoisotopic (exact) mass is 514 g/mol. The van der Waals surface area contributed by atoms with Crippen LogP contribution in [0.4, 0.5) is 0 Å². The third kappa shape index (κ3) is 23.1. The number of phenols is 1. The average molecular weight is 515 g/mol. The summed E-state index contributed by atoms with van der Waals surface area (Å²) < 4.78 is 5.26. The number of esters is 1. The molecule has 1 rings (SSSR count). The van der Waals surface area contributed by atoms with Crippen LogP contribution in [0.5, 0.6) is 5.75 Å². The van der Waals surface area contributed by atoms with E-state index in [4.69, 9.17) is 4.74 Å². The van der Waals surface area contributed by atoms with E-state index >= 15 is 0 Å². The van der Waals surface area contributed by atoms with Gasteiger partial charge >= 0.3 is 5.97 Å². The highest BCUT2D eigenvalue weighted by molar-refractivity contribution is 5.87. The zero-order valence-corrected chi connectivity index (χ0v) is 24.2. The molecule has 1 aromatic rings. The van der Waals surface area contributed by atoms with Crippen LogP contribution in [0.2, 0.25) is 0 Å². The van der Waals surface area contributed by atoms with Crippen LogP contribution in [-0.4, -0.2) is 17.7 Å². The molecular weight excluding hydrogens is 456 g/mol. The van der Waals surface area contributed by atoms with Gasteiger partial charge in [-0.05, 0) is 30.2 Å². The van der Waals surface area contributed by atoms with E-state index in [0.29, 0.717) is 6.61 Å². The highest BCUT2D eigenvalue weighted by atomic mass is 16.5. The summed E-state index contributed by atoms with van der Waals surface area (Å²) in [5.41, 5.74) is 0.870. The molecule has 0 aromatic heterocycles. The van der Waals surface area contributed by atoms with Crippen molar-refractivity contribution in [1.82, 2.24) is 0 Å². The Morgan fingerprint density at radius 3 is 1.32 bits per heavy atom. The molecule has 0 fully saturated rings. The number of hydrogen-bond acceptors (Lipinski definition) is 3. The molecule has 0 bridgehead atoms. The predicted molar refractivity (Wildman–Crippen MR) is 160 cm³/mol. The SMILES string of the molecule is CCCCCCCCCCCCCCCCCCCCCCCCCOC(=O)/C=C/c1ccc(O)cc1. The van der Waals surface area contributed by atoms with E-state index in [-0.39, 0.29) is 11.7 Å². The summed E-state index contributed by atoms with van der Waals surface area (Å²) in [6.45, 7) is 2.79. The number of carbonyl (C=O) groups excluding carboxylic acids is 1. The van der Waals surface area contributed by atoms with Gasteiger partial charge in [-0.3, -0.25) is 0 Å². The molecule has 3 heteroatoms. The molecule has 0 saturated heterocycles. The largest absolute Gasteiger partial charge is 0.508 e. The van der Waals surface area contributed by atoms with Crippen molar-refractivity contribution in [3.05, 3.63) is 35.9 Å². The molecule has 1 N–H and O–H groups in total. The molecule has 212 valence electrons. The van der Waals surface area contributed by atoms with Crippen LogP contribution in [-0.2, 0) is 9.53 Å². The first-order valence-corrected chi connectivity index (χ1v) is 15.9. The number of rotatable bonds is 26. The second-order valence-electron chi connectivity index (χ2n) is 10.9. The van der Waals surface area contributed by atoms with Gasteiger partial charge in [0.1, 0.15) is 5.75 Å². The van der Waals surface area contributed by atoms with E-state index < -0.39 is 0 Å². The first kappa shape index (κ1) is 33.3. The Bertz CT molecular complexity index is 650. The Labute approximate surface area is 229 Å². The number of unbranched alkanes of at least 4 members (excludes halogenated alkanes) is 22. The standard InChI is InChI=1S/C34H58O3/c1-2-3-4-5-6-7-8-9-10-11-12-13-14-15-16-17-18-19-20-21-22-23-24-31-37-34(36)30-27-32-25-28-33(35)29-26-32/h25-30,35H,2-24,31H2,1H3/b30-27+. The number of carbonyl (C=O) groups is 1. The summed E-state index contributed by atoms with van der Waals surface area (Å²) >= 11 is 0. The van der Waals surface area contributed by atoms with Gasteiger partial charge in [-0.2, -0.15) is 0 Å². The summed E-state index contributed by atoms with van der Waals surface area (Å²) in [6.07, 6.45) is 34.9. The van der Waals surface area contributed by atoms with Gasteiger partial charge in [-0.25, -0.2) is 4.79 Å². The van der Waals surface area contributed by atoms with Crippen LogP contribution in [0, 0.1) is 0 Å². The van der Waals surface area contributed by atoms with Gasteiger partial charge in [0, 0.05) is 6.08 Å². The van der Waals surface area contributed by atoms with Crippen molar-refractivity contribution in [2.75, 3.05) is 6.61 Å². The lowest BCUT2D eigenvalue weighted by Crippen LogP contribution is -2.02. The third-order valence-electron chi connectivity index (χ3n) is 7.30. The smallest absolute Gasteiger partial charge is 0.330 e. The van der Waals surface area contributed by atoms with Gasteiger partial charge in [-0.15, -0.1) is 0 Å². The topological polar surface area (TPSA) is 46.5 Å². The Morgan fingerprint density at radius 2 is 0.946 bits per heavy atom. The first-order valence-electron chi connectivity index (χ1n) is 15.9. The summed E-state index contributed by atoms with van der Waals surface area (Å²) in [5, 5.41) is 9.27. The molecule has 0 amide bonds. The zero-order chi connectivity index (χ0) is 26.7. The molecule has 0 atom stereocenters. The van der Waals surface area contributed by atoms with E-state index in [1.54, 1.807) is 30.3 Å². The molecule has 0 saturated carbocycles. The molecule has 0 unspecified atom stereocenters. The predicted octanol–water partition coefficient (Wildman–Crippen LogP) is 10.9. The van der Waals surface area contributed by atoms with Gasteiger partial charge in [0.05, 0.1) is 6.61 Å². The zero-order valence-electron chi connectivity index (χ0n) is 24.2. The van der Waals surface area contributed by atoms with Crippen molar-refractivity contribution in [3.8, 4) is 5.75 Å². The second-order valence-corrected chi connectivity index (χ2v) is 10.9. The Balaban J connectivity index is 1.72. The van der Waals surface area contributed by atoms with Gasteiger partial charge in [0.2, 0.25) is 0 Å². The average Bonchev–Trinajstić information content (AvgIpc) is 2.90. The fourth-order valence-electron chi connectivity index (χ4n) is 4.86. The molecule has 0 spiro atoms. The van der Waals surface area contributed by atoms with Crippen molar-refractivity contribution in [3.63, 3.8) is 0 Å². The number of phenolic OH excluding ortho intramolecular Hbond substituents is 1. The Hall–Kier alpha value is -1.77. The minimum atomic E-state index is -0.299. The van der Waals surface area contributed by atoms with E-state index in [1.807, 2.05) is 0 Å². The highest BCUT2D eigenvalue weighted by Crippen LogP contribution is 2.15. The van der Waals surface area contributed by atoms with Crippen LogP contribution < -0.4 is 0 Å². The van der Waals surface area contributed by atoms with Gasteiger partial charge in [0.15, 0.2) is 0 Å². The van der Waals surface area contributed by atoms with E-state index in [2.05, 4.69) is 6.92 Å². The Morgan fingerprint density at radius 1 is 0.595 bits per heavy atom. The lowest BCUT2D eigenvalue weighted by molar-refractivity contribution is -0.137. The third-order valence-corrected chi connectivity index (χ3v) is 7.30. The summed E-state index contributed by atoms with van der Waals surface area (Å²) in [4.78, 5) is 11.7. The maximum Gasteiger partial charge on any atom is 0.330 e. The number of hydrogen-bond donors (Lipinski definition) is 1. The maximum atomic E-state index is 11.7. The van der Waals surface area contributed by atoms with Gasteiger partial charge < -0.3 is 9.84 Å². The quantitative estimate of drug-likeness (QED) is 0.0759. The highest BCUT2D eigenvalue weighted by Gasteiger charge is 1.99. The normalized spacial score (nSPS) is 11.4.